The number of carbonyl (C=O) groups excluding carboxylic acids is 1. The van der Waals surface area contributed by atoms with E-state index in [9.17, 15) is 14.3 Å². The summed E-state index contributed by atoms with van der Waals surface area (Å²) in [5, 5.41) is 10.00. The molecule has 18 heavy (non-hydrogen) atoms. The highest BCUT2D eigenvalue weighted by atomic mass is 19.1. The third kappa shape index (κ3) is 3.81. The standard InChI is InChI=1S/C14H19FO3/c1-9(13(17)18-14(2,3)4)12(16)10-7-5-6-8-11(10)15/h5-9,12,16H,1-4H3. The van der Waals surface area contributed by atoms with Crippen LogP contribution in [0.15, 0.2) is 24.3 Å². The van der Waals surface area contributed by atoms with Crippen LogP contribution in [0.5, 0.6) is 0 Å². The molecule has 0 aromatic heterocycles. The second-order valence-electron chi connectivity index (χ2n) is 5.29. The Labute approximate surface area is 107 Å². The van der Waals surface area contributed by atoms with Crippen molar-refractivity contribution in [3.05, 3.63) is 35.6 Å². The van der Waals surface area contributed by atoms with E-state index in [4.69, 9.17) is 4.74 Å². The van der Waals surface area contributed by atoms with E-state index in [1.807, 2.05) is 0 Å². The lowest BCUT2D eigenvalue weighted by Crippen LogP contribution is -2.30. The van der Waals surface area contributed by atoms with Gasteiger partial charge in [0.1, 0.15) is 11.4 Å². The summed E-state index contributed by atoms with van der Waals surface area (Å²) >= 11 is 0. The Morgan fingerprint density at radius 2 is 1.89 bits per heavy atom. The summed E-state index contributed by atoms with van der Waals surface area (Å²) in [6.07, 6.45) is -1.21. The molecule has 0 aliphatic carbocycles. The van der Waals surface area contributed by atoms with E-state index >= 15 is 0 Å². The molecule has 0 aliphatic rings. The zero-order valence-electron chi connectivity index (χ0n) is 11.1. The Hall–Kier alpha value is -1.42. The number of halogens is 1. The molecular weight excluding hydrogens is 235 g/mol. The molecule has 1 aromatic rings. The Morgan fingerprint density at radius 1 is 1.33 bits per heavy atom. The number of esters is 1. The number of carbonyl (C=O) groups is 1. The third-order valence-corrected chi connectivity index (χ3v) is 2.48. The first-order valence-electron chi connectivity index (χ1n) is 5.87. The van der Waals surface area contributed by atoms with Gasteiger partial charge in [-0.1, -0.05) is 18.2 Å². The maximum atomic E-state index is 13.5. The third-order valence-electron chi connectivity index (χ3n) is 2.48. The molecule has 100 valence electrons. The predicted molar refractivity (Wildman–Crippen MR) is 66.4 cm³/mol. The van der Waals surface area contributed by atoms with Crippen LogP contribution in [0.4, 0.5) is 4.39 Å². The van der Waals surface area contributed by atoms with Crippen molar-refractivity contribution in [2.75, 3.05) is 0 Å². The van der Waals surface area contributed by atoms with E-state index in [1.165, 1.54) is 25.1 Å². The van der Waals surface area contributed by atoms with Crippen molar-refractivity contribution in [1.29, 1.82) is 0 Å². The van der Waals surface area contributed by atoms with E-state index in [0.717, 1.165) is 0 Å². The van der Waals surface area contributed by atoms with E-state index in [-0.39, 0.29) is 5.56 Å². The van der Waals surface area contributed by atoms with Crippen molar-refractivity contribution in [3.8, 4) is 0 Å². The fraction of sp³-hybridized carbons (Fsp3) is 0.500. The minimum Gasteiger partial charge on any atom is -0.460 e. The van der Waals surface area contributed by atoms with Crippen LogP contribution in [-0.2, 0) is 9.53 Å². The second-order valence-corrected chi connectivity index (χ2v) is 5.29. The summed E-state index contributed by atoms with van der Waals surface area (Å²) in [4.78, 5) is 11.8. The summed E-state index contributed by atoms with van der Waals surface area (Å²) in [5.74, 6) is -1.89. The first kappa shape index (κ1) is 14.6. The van der Waals surface area contributed by atoms with Crippen LogP contribution in [0.1, 0.15) is 39.4 Å². The molecule has 0 saturated heterocycles. The van der Waals surface area contributed by atoms with Crippen molar-refractivity contribution in [3.63, 3.8) is 0 Å². The van der Waals surface area contributed by atoms with Gasteiger partial charge >= 0.3 is 5.97 Å². The van der Waals surface area contributed by atoms with Gasteiger partial charge in [0, 0.05) is 5.56 Å². The van der Waals surface area contributed by atoms with E-state index < -0.39 is 29.4 Å². The van der Waals surface area contributed by atoms with Gasteiger partial charge in [0.15, 0.2) is 0 Å². The van der Waals surface area contributed by atoms with Crippen LogP contribution >= 0.6 is 0 Å². The molecule has 1 aromatic carbocycles. The van der Waals surface area contributed by atoms with Gasteiger partial charge in [-0.25, -0.2) is 4.39 Å². The molecule has 0 heterocycles. The molecule has 1 rings (SSSR count). The lowest BCUT2D eigenvalue weighted by Gasteiger charge is -2.24. The quantitative estimate of drug-likeness (QED) is 0.844. The van der Waals surface area contributed by atoms with Gasteiger partial charge in [-0.3, -0.25) is 4.79 Å². The summed E-state index contributed by atoms with van der Waals surface area (Å²) in [6, 6.07) is 5.86. The SMILES string of the molecule is CC(C(=O)OC(C)(C)C)C(O)c1ccccc1F. The minimum absolute atomic E-state index is 0.107. The van der Waals surface area contributed by atoms with Crippen molar-refractivity contribution in [1.82, 2.24) is 0 Å². The largest absolute Gasteiger partial charge is 0.460 e. The molecule has 0 saturated carbocycles. The molecule has 0 bridgehead atoms. The summed E-state index contributed by atoms with van der Waals surface area (Å²) in [7, 11) is 0. The first-order chi connectivity index (χ1) is 8.22. The maximum Gasteiger partial charge on any atom is 0.312 e. The van der Waals surface area contributed by atoms with Gasteiger partial charge in [0.2, 0.25) is 0 Å². The highest BCUT2D eigenvalue weighted by Crippen LogP contribution is 2.26. The lowest BCUT2D eigenvalue weighted by atomic mass is 9.97. The van der Waals surface area contributed by atoms with Gasteiger partial charge in [0.25, 0.3) is 0 Å². The fourth-order valence-corrected chi connectivity index (χ4v) is 1.51. The molecule has 1 N–H and O–H groups in total. The Balaban J connectivity index is 2.82. The van der Waals surface area contributed by atoms with Crippen LogP contribution in [-0.4, -0.2) is 16.7 Å². The van der Waals surface area contributed by atoms with Gasteiger partial charge in [-0.2, -0.15) is 0 Å². The number of aliphatic hydroxyl groups is 1. The fourth-order valence-electron chi connectivity index (χ4n) is 1.51. The van der Waals surface area contributed by atoms with E-state index in [1.54, 1.807) is 26.8 Å². The average Bonchev–Trinajstić information content (AvgIpc) is 2.25. The van der Waals surface area contributed by atoms with Gasteiger partial charge in [0.05, 0.1) is 12.0 Å². The van der Waals surface area contributed by atoms with Crippen molar-refractivity contribution < 1.29 is 19.0 Å². The molecule has 3 nitrogen and oxygen atoms in total. The van der Waals surface area contributed by atoms with Crippen LogP contribution in [0.25, 0.3) is 0 Å². The van der Waals surface area contributed by atoms with Crippen LogP contribution in [0.2, 0.25) is 0 Å². The Morgan fingerprint density at radius 3 is 2.39 bits per heavy atom. The molecule has 4 heteroatoms. The number of ether oxygens (including phenoxy) is 1. The van der Waals surface area contributed by atoms with Crippen LogP contribution < -0.4 is 0 Å². The number of hydrogen-bond donors (Lipinski definition) is 1. The van der Waals surface area contributed by atoms with E-state index in [0.29, 0.717) is 0 Å². The van der Waals surface area contributed by atoms with Crippen LogP contribution in [0.3, 0.4) is 0 Å². The average molecular weight is 254 g/mol. The molecule has 0 radical (unpaired) electrons. The van der Waals surface area contributed by atoms with Crippen LogP contribution in [0, 0.1) is 11.7 Å². The molecule has 2 unspecified atom stereocenters. The number of benzene rings is 1. The topological polar surface area (TPSA) is 46.5 Å². The normalized spacial score (nSPS) is 15.0. The molecular formula is C14H19FO3. The van der Waals surface area contributed by atoms with E-state index in [2.05, 4.69) is 0 Å². The number of hydrogen-bond acceptors (Lipinski definition) is 3. The summed E-state index contributed by atoms with van der Waals surface area (Å²) in [6.45, 7) is 6.75. The summed E-state index contributed by atoms with van der Waals surface area (Å²) in [5.41, 5.74) is -0.517. The molecule has 0 fully saturated rings. The monoisotopic (exact) mass is 254 g/mol. The highest BCUT2D eigenvalue weighted by molar-refractivity contribution is 5.73. The van der Waals surface area contributed by atoms with Gasteiger partial charge < -0.3 is 9.84 Å². The zero-order valence-corrected chi connectivity index (χ0v) is 11.1. The Kier molecular flexibility index (Phi) is 4.46. The smallest absolute Gasteiger partial charge is 0.312 e. The second kappa shape index (κ2) is 5.48. The predicted octanol–water partition coefficient (Wildman–Crippen LogP) is 2.84. The van der Waals surface area contributed by atoms with Crippen molar-refractivity contribution >= 4 is 5.97 Å². The van der Waals surface area contributed by atoms with Gasteiger partial charge in [-0.15, -0.1) is 0 Å². The number of aliphatic hydroxyl groups excluding tert-OH is 1. The molecule has 0 aliphatic heterocycles. The van der Waals surface area contributed by atoms with Crippen molar-refractivity contribution in [2.45, 2.75) is 39.4 Å². The first-order valence-corrected chi connectivity index (χ1v) is 5.87. The zero-order chi connectivity index (χ0) is 13.9. The molecule has 0 amide bonds. The summed E-state index contributed by atoms with van der Waals surface area (Å²) < 4.78 is 18.7. The highest BCUT2D eigenvalue weighted by Gasteiger charge is 2.29. The maximum absolute atomic E-state index is 13.5. The van der Waals surface area contributed by atoms with Crippen molar-refractivity contribution in [2.24, 2.45) is 5.92 Å². The number of rotatable bonds is 3. The molecule has 0 spiro atoms. The molecule has 2 atom stereocenters. The lowest BCUT2D eigenvalue weighted by molar-refractivity contribution is -0.163. The minimum atomic E-state index is -1.21. The van der Waals surface area contributed by atoms with Gasteiger partial charge in [-0.05, 0) is 33.8 Å². The Bertz CT molecular complexity index is 423.